The molecule has 5 rings (SSSR count). The number of hydrogen-bond donors (Lipinski definition) is 0. The fourth-order valence-corrected chi connectivity index (χ4v) is 4.72. The molecule has 154 valence electrons. The molecule has 0 N–H and O–H groups in total. The molecular formula is C23H25N5O2. The lowest BCUT2D eigenvalue weighted by Crippen LogP contribution is -2.64. The minimum atomic E-state index is -0.240. The van der Waals surface area contributed by atoms with Gasteiger partial charge in [-0.1, -0.05) is 30.3 Å². The van der Waals surface area contributed by atoms with E-state index in [1.165, 1.54) is 0 Å². The molecule has 1 atom stereocenters. The lowest BCUT2D eigenvalue weighted by atomic mass is 9.93. The summed E-state index contributed by atoms with van der Waals surface area (Å²) < 4.78 is 1.71. The molecule has 2 aromatic carbocycles. The Morgan fingerprint density at radius 3 is 2.63 bits per heavy atom. The number of hydrogen-bond acceptors (Lipinski definition) is 4. The van der Waals surface area contributed by atoms with E-state index in [0.717, 1.165) is 22.9 Å². The van der Waals surface area contributed by atoms with E-state index in [0.29, 0.717) is 31.7 Å². The molecule has 2 amide bonds. The van der Waals surface area contributed by atoms with Crippen molar-refractivity contribution in [3.05, 3.63) is 60.4 Å². The first-order valence-corrected chi connectivity index (χ1v) is 10.2. The Kier molecular flexibility index (Phi) is 4.36. The SMILES string of the molecule is CN1CC(=O)N(c2cnn(C)c2)CC12CCN(C(=O)c1ccc3ccccc3c1)C2. The zero-order valence-electron chi connectivity index (χ0n) is 17.3. The van der Waals surface area contributed by atoms with E-state index >= 15 is 0 Å². The number of likely N-dealkylation sites (tertiary alicyclic amines) is 1. The number of rotatable bonds is 2. The van der Waals surface area contributed by atoms with Crippen molar-refractivity contribution in [2.24, 2.45) is 7.05 Å². The zero-order chi connectivity index (χ0) is 20.9. The summed E-state index contributed by atoms with van der Waals surface area (Å²) in [5.41, 5.74) is 1.29. The number of piperazine rings is 1. The molecule has 2 aliphatic heterocycles. The van der Waals surface area contributed by atoms with Crippen molar-refractivity contribution in [3.63, 3.8) is 0 Å². The molecule has 1 spiro atoms. The maximum absolute atomic E-state index is 13.3. The fraction of sp³-hybridized carbons (Fsp3) is 0.348. The lowest BCUT2D eigenvalue weighted by molar-refractivity contribution is -0.123. The van der Waals surface area contributed by atoms with Gasteiger partial charge in [-0.15, -0.1) is 0 Å². The average Bonchev–Trinajstić information content (AvgIpc) is 3.37. The van der Waals surface area contributed by atoms with Gasteiger partial charge in [0.1, 0.15) is 0 Å². The summed E-state index contributed by atoms with van der Waals surface area (Å²) in [5, 5.41) is 6.41. The molecule has 3 heterocycles. The second kappa shape index (κ2) is 6.95. The van der Waals surface area contributed by atoms with Gasteiger partial charge in [0.25, 0.3) is 5.91 Å². The monoisotopic (exact) mass is 403 g/mol. The summed E-state index contributed by atoms with van der Waals surface area (Å²) in [6, 6.07) is 14.0. The number of amides is 2. The molecule has 3 aromatic rings. The fourth-order valence-electron chi connectivity index (χ4n) is 4.72. The number of fused-ring (bicyclic) bond motifs is 1. The van der Waals surface area contributed by atoms with Gasteiger partial charge in [0.15, 0.2) is 0 Å². The van der Waals surface area contributed by atoms with Gasteiger partial charge < -0.3 is 9.80 Å². The molecule has 1 aromatic heterocycles. The van der Waals surface area contributed by atoms with Crippen molar-refractivity contribution in [1.29, 1.82) is 0 Å². The highest BCUT2D eigenvalue weighted by molar-refractivity contribution is 5.99. The molecule has 7 heteroatoms. The van der Waals surface area contributed by atoms with Crippen molar-refractivity contribution in [3.8, 4) is 0 Å². The van der Waals surface area contributed by atoms with Gasteiger partial charge in [-0.25, -0.2) is 0 Å². The first-order valence-electron chi connectivity index (χ1n) is 10.2. The molecule has 2 aliphatic rings. The van der Waals surface area contributed by atoms with Gasteiger partial charge in [0.2, 0.25) is 5.91 Å². The number of aromatic nitrogens is 2. The van der Waals surface area contributed by atoms with E-state index in [-0.39, 0.29) is 17.4 Å². The summed E-state index contributed by atoms with van der Waals surface area (Å²) in [5.74, 6) is 0.117. The second-order valence-electron chi connectivity index (χ2n) is 8.47. The number of carbonyl (C=O) groups excluding carboxylic acids is 2. The molecule has 0 radical (unpaired) electrons. The van der Waals surface area contributed by atoms with Crippen LogP contribution in [0.25, 0.3) is 10.8 Å². The summed E-state index contributed by atoms with van der Waals surface area (Å²) in [4.78, 5) is 31.8. The van der Waals surface area contributed by atoms with E-state index in [2.05, 4.69) is 16.1 Å². The van der Waals surface area contributed by atoms with Gasteiger partial charge in [-0.2, -0.15) is 5.10 Å². The molecule has 0 aliphatic carbocycles. The highest BCUT2D eigenvalue weighted by Gasteiger charge is 2.48. The number of nitrogens with zero attached hydrogens (tertiary/aromatic N) is 5. The quantitative estimate of drug-likeness (QED) is 0.658. The van der Waals surface area contributed by atoms with E-state index in [4.69, 9.17) is 0 Å². The van der Waals surface area contributed by atoms with Crippen LogP contribution in [0.15, 0.2) is 54.9 Å². The van der Waals surface area contributed by atoms with Crippen molar-refractivity contribution < 1.29 is 9.59 Å². The summed E-state index contributed by atoms with van der Waals surface area (Å²) >= 11 is 0. The van der Waals surface area contributed by atoms with Crippen LogP contribution in [0.2, 0.25) is 0 Å². The van der Waals surface area contributed by atoms with Crippen LogP contribution in [0.3, 0.4) is 0 Å². The Morgan fingerprint density at radius 1 is 1.07 bits per heavy atom. The van der Waals surface area contributed by atoms with Crippen LogP contribution in [0.1, 0.15) is 16.8 Å². The highest BCUT2D eigenvalue weighted by Crippen LogP contribution is 2.34. The predicted molar refractivity (Wildman–Crippen MR) is 115 cm³/mol. The van der Waals surface area contributed by atoms with Crippen LogP contribution in [0.4, 0.5) is 5.69 Å². The predicted octanol–water partition coefficient (Wildman–Crippen LogP) is 2.14. The Balaban J connectivity index is 1.38. The topological polar surface area (TPSA) is 61.7 Å². The third-order valence-electron chi connectivity index (χ3n) is 6.55. The molecule has 2 fully saturated rings. The molecule has 2 saturated heterocycles. The molecular weight excluding hydrogens is 378 g/mol. The molecule has 0 bridgehead atoms. The number of benzene rings is 2. The summed E-state index contributed by atoms with van der Waals surface area (Å²) in [6.07, 6.45) is 4.43. The van der Waals surface area contributed by atoms with E-state index in [1.807, 2.05) is 66.5 Å². The zero-order valence-corrected chi connectivity index (χ0v) is 17.3. The molecule has 1 unspecified atom stereocenters. The smallest absolute Gasteiger partial charge is 0.253 e. The Labute approximate surface area is 175 Å². The van der Waals surface area contributed by atoms with Crippen LogP contribution >= 0.6 is 0 Å². The Hall–Kier alpha value is -3.19. The number of likely N-dealkylation sites (N-methyl/N-ethyl adjacent to an activating group) is 1. The normalized spacial score (nSPS) is 22.4. The third-order valence-corrected chi connectivity index (χ3v) is 6.55. The van der Waals surface area contributed by atoms with Crippen LogP contribution in [0, 0.1) is 0 Å². The first-order chi connectivity index (χ1) is 14.4. The van der Waals surface area contributed by atoms with Crippen LogP contribution < -0.4 is 4.90 Å². The van der Waals surface area contributed by atoms with Gasteiger partial charge in [-0.05, 0) is 36.4 Å². The van der Waals surface area contributed by atoms with E-state index in [1.54, 1.807) is 10.9 Å². The van der Waals surface area contributed by atoms with Gasteiger partial charge in [0.05, 0.1) is 24.0 Å². The van der Waals surface area contributed by atoms with Gasteiger partial charge in [-0.3, -0.25) is 19.2 Å². The summed E-state index contributed by atoms with van der Waals surface area (Å²) in [7, 11) is 3.84. The van der Waals surface area contributed by atoms with Crippen LogP contribution in [0.5, 0.6) is 0 Å². The lowest BCUT2D eigenvalue weighted by Gasteiger charge is -2.46. The Morgan fingerprint density at radius 2 is 1.87 bits per heavy atom. The largest absolute Gasteiger partial charge is 0.337 e. The van der Waals surface area contributed by atoms with Crippen molar-refractivity contribution >= 4 is 28.3 Å². The number of anilines is 1. The second-order valence-corrected chi connectivity index (χ2v) is 8.47. The van der Waals surface area contributed by atoms with E-state index in [9.17, 15) is 9.59 Å². The van der Waals surface area contributed by atoms with Crippen molar-refractivity contribution in [2.45, 2.75) is 12.0 Å². The first kappa shape index (κ1) is 18.8. The molecule has 7 nitrogen and oxygen atoms in total. The van der Waals surface area contributed by atoms with Crippen LogP contribution in [-0.2, 0) is 11.8 Å². The standard InChI is InChI=1S/C23H25N5O2/c1-25-14-21(29)28(20-12-24-26(2)13-20)16-23(25)9-10-27(15-23)22(30)19-8-7-17-5-3-4-6-18(17)11-19/h3-8,11-13H,9-10,14-16H2,1-2H3. The molecule has 30 heavy (non-hydrogen) atoms. The number of carbonyl (C=O) groups is 2. The summed E-state index contributed by atoms with van der Waals surface area (Å²) in [6.45, 7) is 2.20. The minimum absolute atomic E-state index is 0.0517. The maximum Gasteiger partial charge on any atom is 0.253 e. The van der Waals surface area contributed by atoms with E-state index < -0.39 is 0 Å². The third kappa shape index (κ3) is 3.06. The van der Waals surface area contributed by atoms with Gasteiger partial charge in [0, 0.05) is 38.4 Å². The molecule has 0 saturated carbocycles. The van der Waals surface area contributed by atoms with Crippen molar-refractivity contribution in [2.75, 3.05) is 38.1 Å². The van der Waals surface area contributed by atoms with Gasteiger partial charge >= 0.3 is 0 Å². The number of aryl methyl sites for hydroxylation is 1. The Bertz CT molecular complexity index is 1140. The highest BCUT2D eigenvalue weighted by atomic mass is 16.2. The maximum atomic E-state index is 13.3. The van der Waals surface area contributed by atoms with Crippen molar-refractivity contribution in [1.82, 2.24) is 19.6 Å². The minimum Gasteiger partial charge on any atom is -0.337 e. The van der Waals surface area contributed by atoms with Crippen LogP contribution in [-0.4, -0.2) is 70.2 Å². The average molecular weight is 403 g/mol.